The van der Waals surface area contributed by atoms with Crippen molar-refractivity contribution in [3.05, 3.63) is 0 Å². The van der Waals surface area contributed by atoms with E-state index in [0.29, 0.717) is 0 Å². The molecular weight excluding hydrogens is 236 g/mol. The molecule has 0 aromatic carbocycles. The minimum atomic E-state index is 0.0804. The van der Waals surface area contributed by atoms with E-state index in [2.05, 4.69) is 31.1 Å². The van der Waals surface area contributed by atoms with Gasteiger partial charge in [0.15, 0.2) is 0 Å². The number of hydrogen-bond donors (Lipinski definition) is 1. The van der Waals surface area contributed by atoms with Gasteiger partial charge in [-0.1, -0.05) is 6.42 Å². The van der Waals surface area contributed by atoms with E-state index in [1.165, 1.54) is 44.9 Å². The third kappa shape index (κ3) is 2.84. The van der Waals surface area contributed by atoms with Crippen LogP contribution < -0.4 is 5.32 Å². The molecule has 1 N–H and O–H groups in total. The molecule has 3 atom stereocenters. The molecule has 3 heterocycles. The molecule has 0 spiro atoms. The van der Waals surface area contributed by atoms with Crippen molar-refractivity contribution in [2.45, 2.75) is 88.6 Å². The molecule has 0 amide bonds. The summed E-state index contributed by atoms with van der Waals surface area (Å²) in [4.78, 5) is 2.90. The van der Waals surface area contributed by atoms with Crippen LogP contribution in [0.1, 0.15) is 58.8 Å². The SMILES string of the molecule is CNC1CC2CCCC(C1)N2C1CCOC(C)(C)C1. The Balaban J connectivity index is 1.73. The van der Waals surface area contributed by atoms with Gasteiger partial charge in [-0.15, -0.1) is 0 Å². The van der Waals surface area contributed by atoms with Crippen molar-refractivity contribution in [2.24, 2.45) is 0 Å². The van der Waals surface area contributed by atoms with Crippen LogP contribution in [0.25, 0.3) is 0 Å². The normalized spacial score (nSPS) is 43.1. The molecule has 3 aliphatic heterocycles. The maximum Gasteiger partial charge on any atom is 0.0641 e. The number of piperidine rings is 2. The molecule has 19 heavy (non-hydrogen) atoms. The lowest BCUT2D eigenvalue weighted by Crippen LogP contribution is -2.61. The number of nitrogens with one attached hydrogen (secondary N) is 1. The highest BCUT2D eigenvalue weighted by Crippen LogP contribution is 2.39. The average molecular weight is 266 g/mol. The number of hydrogen-bond acceptors (Lipinski definition) is 3. The van der Waals surface area contributed by atoms with Crippen LogP contribution in [0.15, 0.2) is 0 Å². The van der Waals surface area contributed by atoms with E-state index in [0.717, 1.165) is 30.8 Å². The van der Waals surface area contributed by atoms with Crippen LogP contribution in [0.2, 0.25) is 0 Å². The van der Waals surface area contributed by atoms with Crippen LogP contribution in [0.3, 0.4) is 0 Å². The summed E-state index contributed by atoms with van der Waals surface area (Å²) < 4.78 is 5.91. The van der Waals surface area contributed by atoms with Crippen LogP contribution in [0.5, 0.6) is 0 Å². The van der Waals surface area contributed by atoms with Crippen molar-refractivity contribution in [1.29, 1.82) is 0 Å². The molecule has 2 bridgehead atoms. The molecule has 3 aliphatic rings. The quantitative estimate of drug-likeness (QED) is 0.831. The average Bonchev–Trinajstić information content (AvgIpc) is 2.36. The second-order valence-electron chi connectivity index (χ2n) is 7.40. The van der Waals surface area contributed by atoms with Gasteiger partial charge in [-0.25, -0.2) is 0 Å². The first-order valence-corrected chi connectivity index (χ1v) is 8.18. The molecule has 3 rings (SSSR count). The monoisotopic (exact) mass is 266 g/mol. The minimum Gasteiger partial charge on any atom is -0.375 e. The van der Waals surface area contributed by atoms with Gasteiger partial charge in [-0.3, -0.25) is 4.90 Å². The van der Waals surface area contributed by atoms with Gasteiger partial charge in [0.2, 0.25) is 0 Å². The smallest absolute Gasteiger partial charge is 0.0641 e. The first-order valence-electron chi connectivity index (χ1n) is 8.18. The first kappa shape index (κ1) is 13.8. The van der Waals surface area contributed by atoms with Crippen LogP contribution in [0.4, 0.5) is 0 Å². The fourth-order valence-corrected chi connectivity index (χ4v) is 4.70. The van der Waals surface area contributed by atoms with E-state index in [4.69, 9.17) is 4.74 Å². The molecule has 0 aliphatic carbocycles. The highest BCUT2D eigenvalue weighted by molar-refractivity contribution is 4.99. The van der Waals surface area contributed by atoms with Crippen molar-refractivity contribution < 1.29 is 4.74 Å². The van der Waals surface area contributed by atoms with Gasteiger partial charge in [-0.05, 0) is 59.4 Å². The fraction of sp³-hybridized carbons (Fsp3) is 1.00. The van der Waals surface area contributed by atoms with Crippen molar-refractivity contribution >= 4 is 0 Å². The molecule has 110 valence electrons. The zero-order valence-electron chi connectivity index (χ0n) is 12.8. The molecular formula is C16H30N2O. The zero-order chi connectivity index (χ0) is 13.5. The Morgan fingerprint density at radius 2 is 1.74 bits per heavy atom. The van der Waals surface area contributed by atoms with Crippen molar-refractivity contribution in [2.75, 3.05) is 13.7 Å². The molecule has 3 fully saturated rings. The van der Waals surface area contributed by atoms with Gasteiger partial charge in [0, 0.05) is 30.8 Å². The summed E-state index contributed by atoms with van der Waals surface area (Å²) in [7, 11) is 2.13. The van der Waals surface area contributed by atoms with E-state index in [-0.39, 0.29) is 5.60 Å². The van der Waals surface area contributed by atoms with Gasteiger partial charge < -0.3 is 10.1 Å². The summed E-state index contributed by atoms with van der Waals surface area (Å²) in [6.45, 7) is 5.47. The third-order valence-corrected chi connectivity index (χ3v) is 5.53. The highest BCUT2D eigenvalue weighted by Gasteiger charge is 2.43. The van der Waals surface area contributed by atoms with Crippen LogP contribution in [-0.2, 0) is 4.74 Å². The minimum absolute atomic E-state index is 0.0804. The highest BCUT2D eigenvalue weighted by atomic mass is 16.5. The van der Waals surface area contributed by atoms with Gasteiger partial charge in [0.25, 0.3) is 0 Å². The Labute approximate surface area is 118 Å². The molecule has 0 radical (unpaired) electrons. The Kier molecular flexibility index (Phi) is 3.89. The second-order valence-corrected chi connectivity index (χ2v) is 7.40. The molecule has 3 heteroatoms. The van der Waals surface area contributed by atoms with E-state index in [1.807, 2.05) is 0 Å². The van der Waals surface area contributed by atoms with E-state index in [1.54, 1.807) is 0 Å². The summed E-state index contributed by atoms with van der Waals surface area (Å²) in [6, 6.07) is 3.16. The lowest BCUT2D eigenvalue weighted by atomic mass is 9.78. The topological polar surface area (TPSA) is 24.5 Å². The summed E-state index contributed by atoms with van der Waals surface area (Å²) in [5.41, 5.74) is 0.0804. The summed E-state index contributed by atoms with van der Waals surface area (Å²) in [5, 5.41) is 3.52. The maximum absolute atomic E-state index is 5.91. The number of rotatable bonds is 2. The first-order chi connectivity index (χ1) is 9.09. The Bertz CT molecular complexity index is 304. The predicted molar refractivity (Wildman–Crippen MR) is 78.4 cm³/mol. The fourth-order valence-electron chi connectivity index (χ4n) is 4.70. The van der Waals surface area contributed by atoms with Gasteiger partial charge in [0.05, 0.1) is 5.60 Å². The Morgan fingerprint density at radius 3 is 2.32 bits per heavy atom. The van der Waals surface area contributed by atoms with Crippen LogP contribution >= 0.6 is 0 Å². The van der Waals surface area contributed by atoms with Crippen LogP contribution in [0, 0.1) is 0 Å². The van der Waals surface area contributed by atoms with Gasteiger partial charge >= 0.3 is 0 Å². The number of nitrogens with zero attached hydrogens (tertiary/aromatic N) is 1. The second kappa shape index (κ2) is 5.34. The van der Waals surface area contributed by atoms with E-state index >= 15 is 0 Å². The number of fused-ring (bicyclic) bond motifs is 2. The summed E-state index contributed by atoms with van der Waals surface area (Å²) in [5.74, 6) is 0. The van der Waals surface area contributed by atoms with Crippen molar-refractivity contribution in [3.63, 3.8) is 0 Å². The van der Waals surface area contributed by atoms with E-state index < -0.39 is 0 Å². The van der Waals surface area contributed by atoms with Crippen LogP contribution in [-0.4, -0.2) is 48.3 Å². The van der Waals surface area contributed by atoms with Crippen molar-refractivity contribution in [1.82, 2.24) is 10.2 Å². The summed E-state index contributed by atoms with van der Waals surface area (Å²) in [6.07, 6.45) is 9.41. The molecule has 3 unspecified atom stereocenters. The lowest BCUT2D eigenvalue weighted by molar-refractivity contribution is -0.113. The molecule has 0 saturated carbocycles. The van der Waals surface area contributed by atoms with E-state index in [9.17, 15) is 0 Å². The molecule has 3 nitrogen and oxygen atoms in total. The largest absolute Gasteiger partial charge is 0.375 e. The van der Waals surface area contributed by atoms with Crippen molar-refractivity contribution in [3.8, 4) is 0 Å². The molecule has 0 aromatic rings. The summed E-state index contributed by atoms with van der Waals surface area (Å²) >= 11 is 0. The lowest BCUT2D eigenvalue weighted by Gasteiger charge is -2.54. The number of ether oxygens (including phenoxy) is 1. The van der Waals surface area contributed by atoms with Gasteiger partial charge in [0.1, 0.15) is 0 Å². The van der Waals surface area contributed by atoms with Gasteiger partial charge in [-0.2, -0.15) is 0 Å². The standard InChI is InChI=1S/C16H30N2O/c1-16(2)11-15(7-8-19-16)18-13-5-4-6-14(18)10-12(9-13)17-3/h12-15,17H,4-11H2,1-3H3. The maximum atomic E-state index is 5.91. The Morgan fingerprint density at radius 1 is 1.05 bits per heavy atom. The predicted octanol–water partition coefficient (Wildman–Crippen LogP) is 2.55. The third-order valence-electron chi connectivity index (χ3n) is 5.53. The molecule has 3 saturated heterocycles. The zero-order valence-corrected chi connectivity index (χ0v) is 12.8. The Hall–Kier alpha value is -0.120. The molecule has 0 aromatic heterocycles.